The normalized spacial score (nSPS) is 11.5. The van der Waals surface area contributed by atoms with E-state index in [0.29, 0.717) is 11.3 Å². The average Bonchev–Trinajstić information content (AvgIpc) is 2.48. The zero-order valence-electron chi connectivity index (χ0n) is 11.4. The number of aryl methyl sites for hydroxylation is 1. The van der Waals surface area contributed by atoms with E-state index in [2.05, 4.69) is 15.6 Å². The Morgan fingerprint density at radius 1 is 1.19 bits per heavy atom. The quantitative estimate of drug-likeness (QED) is 0.804. The maximum Gasteiger partial charge on any atom is 0.330 e. The number of carbonyl (C=O) groups excluding carboxylic acids is 1. The molecular weight excluding hydrogens is 270 g/mol. The second kappa shape index (κ2) is 6.51. The lowest BCUT2D eigenvalue weighted by Crippen LogP contribution is -2.36. The number of hydrogen-bond acceptors (Lipinski definition) is 3. The fraction of sp³-hybridized carbons (Fsp3) is 0.133. The first-order valence-corrected chi connectivity index (χ1v) is 6.34. The van der Waals surface area contributed by atoms with Crippen LogP contribution in [-0.4, -0.2) is 22.1 Å². The zero-order chi connectivity index (χ0) is 15.2. The van der Waals surface area contributed by atoms with Gasteiger partial charge in [0.05, 0.1) is 11.9 Å². The van der Waals surface area contributed by atoms with Gasteiger partial charge < -0.3 is 15.7 Å². The van der Waals surface area contributed by atoms with Crippen LogP contribution in [0.3, 0.4) is 0 Å². The van der Waals surface area contributed by atoms with E-state index in [1.54, 1.807) is 42.6 Å². The molecule has 1 atom stereocenters. The third-order valence-electron chi connectivity index (χ3n) is 2.94. The number of carboxylic acids is 1. The van der Waals surface area contributed by atoms with E-state index < -0.39 is 18.0 Å². The van der Waals surface area contributed by atoms with Crippen LogP contribution in [-0.2, 0) is 4.79 Å². The van der Waals surface area contributed by atoms with E-state index in [1.165, 1.54) is 6.20 Å². The molecule has 2 aromatic rings. The molecule has 0 fully saturated rings. The van der Waals surface area contributed by atoms with Gasteiger partial charge in [-0.1, -0.05) is 30.3 Å². The van der Waals surface area contributed by atoms with Crippen LogP contribution in [0.2, 0.25) is 0 Å². The fourth-order valence-electron chi connectivity index (χ4n) is 1.82. The van der Waals surface area contributed by atoms with Gasteiger partial charge in [-0.15, -0.1) is 0 Å². The first-order chi connectivity index (χ1) is 10.1. The van der Waals surface area contributed by atoms with Crippen LogP contribution >= 0.6 is 0 Å². The van der Waals surface area contributed by atoms with Crippen molar-refractivity contribution < 1.29 is 14.7 Å². The summed E-state index contributed by atoms with van der Waals surface area (Å²) in [6.07, 6.45) is 3.12. The number of urea groups is 1. The summed E-state index contributed by atoms with van der Waals surface area (Å²) in [5.41, 5.74) is 1.88. The summed E-state index contributed by atoms with van der Waals surface area (Å²) in [6, 6.07) is 8.56. The second-order valence-corrected chi connectivity index (χ2v) is 4.47. The first kappa shape index (κ1) is 14.5. The number of pyridine rings is 1. The highest BCUT2D eigenvalue weighted by Crippen LogP contribution is 2.14. The van der Waals surface area contributed by atoms with Crippen molar-refractivity contribution in [3.63, 3.8) is 0 Å². The van der Waals surface area contributed by atoms with E-state index in [-0.39, 0.29) is 0 Å². The number of amides is 2. The minimum Gasteiger partial charge on any atom is -0.479 e. The van der Waals surface area contributed by atoms with Gasteiger partial charge in [-0.25, -0.2) is 9.59 Å². The molecule has 0 bridgehead atoms. The number of rotatable bonds is 4. The maximum absolute atomic E-state index is 11.9. The van der Waals surface area contributed by atoms with E-state index in [9.17, 15) is 14.7 Å². The number of carboxylic acid groups (broad SMARTS) is 1. The third-order valence-corrected chi connectivity index (χ3v) is 2.94. The van der Waals surface area contributed by atoms with Gasteiger partial charge in [0.25, 0.3) is 0 Å². The minimum atomic E-state index is -1.13. The molecule has 1 heterocycles. The Bertz CT molecular complexity index is 644. The summed E-state index contributed by atoms with van der Waals surface area (Å²) in [5.74, 6) is -1.13. The van der Waals surface area contributed by atoms with Crippen molar-refractivity contribution in [2.24, 2.45) is 0 Å². The van der Waals surface area contributed by atoms with Crippen molar-refractivity contribution in [2.45, 2.75) is 13.0 Å². The molecule has 0 aliphatic heterocycles. The molecule has 0 saturated carbocycles. The summed E-state index contributed by atoms with van der Waals surface area (Å²) in [4.78, 5) is 27.2. The molecule has 0 aliphatic carbocycles. The lowest BCUT2D eigenvalue weighted by atomic mass is 10.1. The molecule has 0 saturated heterocycles. The van der Waals surface area contributed by atoms with Gasteiger partial charge >= 0.3 is 12.0 Å². The molecular formula is C15H15N3O3. The average molecular weight is 285 g/mol. The predicted octanol–water partition coefficient (Wildman–Crippen LogP) is 2.34. The Morgan fingerprint density at radius 3 is 2.52 bits per heavy atom. The number of carbonyl (C=O) groups is 2. The van der Waals surface area contributed by atoms with Gasteiger partial charge in [-0.2, -0.15) is 0 Å². The molecule has 3 N–H and O–H groups in total. The molecule has 2 rings (SSSR count). The molecule has 108 valence electrons. The first-order valence-electron chi connectivity index (χ1n) is 6.34. The summed E-state index contributed by atoms with van der Waals surface area (Å²) in [7, 11) is 0. The molecule has 0 aliphatic rings. The monoisotopic (exact) mass is 285 g/mol. The minimum absolute atomic E-state index is 0.503. The summed E-state index contributed by atoms with van der Waals surface area (Å²) >= 11 is 0. The zero-order valence-corrected chi connectivity index (χ0v) is 11.4. The van der Waals surface area contributed by atoms with Crippen molar-refractivity contribution in [1.29, 1.82) is 0 Å². The number of aromatic nitrogens is 1. The van der Waals surface area contributed by atoms with Gasteiger partial charge in [-0.3, -0.25) is 4.98 Å². The van der Waals surface area contributed by atoms with Crippen LogP contribution in [0.1, 0.15) is 17.2 Å². The lowest BCUT2D eigenvalue weighted by molar-refractivity contribution is -0.139. The molecule has 6 nitrogen and oxygen atoms in total. The number of hydrogen-bond donors (Lipinski definition) is 3. The van der Waals surface area contributed by atoms with Crippen molar-refractivity contribution in [1.82, 2.24) is 10.3 Å². The summed E-state index contributed by atoms with van der Waals surface area (Å²) < 4.78 is 0. The van der Waals surface area contributed by atoms with E-state index >= 15 is 0 Å². The number of nitrogens with one attached hydrogen (secondary N) is 2. The Morgan fingerprint density at radius 2 is 1.90 bits per heavy atom. The van der Waals surface area contributed by atoms with Crippen LogP contribution in [0.4, 0.5) is 10.5 Å². The fourth-order valence-corrected chi connectivity index (χ4v) is 1.82. The lowest BCUT2D eigenvalue weighted by Gasteiger charge is -2.16. The molecule has 0 spiro atoms. The van der Waals surface area contributed by atoms with Crippen LogP contribution in [0.25, 0.3) is 0 Å². The van der Waals surface area contributed by atoms with Gasteiger partial charge in [-0.05, 0) is 24.1 Å². The molecule has 1 aromatic carbocycles. The van der Waals surface area contributed by atoms with Crippen molar-refractivity contribution in [3.05, 3.63) is 59.9 Å². The van der Waals surface area contributed by atoms with Gasteiger partial charge in [0.2, 0.25) is 0 Å². The van der Waals surface area contributed by atoms with E-state index in [0.717, 1.165) is 5.56 Å². The summed E-state index contributed by atoms with van der Waals surface area (Å²) in [6.45, 7) is 1.82. The SMILES string of the molecule is Cc1ccncc1NC(=O)NC(C(=O)O)c1ccccc1. The molecule has 1 aromatic heterocycles. The topological polar surface area (TPSA) is 91.3 Å². The van der Waals surface area contributed by atoms with E-state index in [4.69, 9.17) is 0 Å². The van der Waals surface area contributed by atoms with E-state index in [1.807, 2.05) is 6.92 Å². The third kappa shape index (κ3) is 3.79. The van der Waals surface area contributed by atoms with Crippen molar-refractivity contribution in [2.75, 3.05) is 5.32 Å². The highest BCUT2D eigenvalue weighted by Gasteiger charge is 2.21. The number of nitrogens with zero attached hydrogens (tertiary/aromatic N) is 1. The smallest absolute Gasteiger partial charge is 0.330 e. The Balaban J connectivity index is 2.10. The highest BCUT2D eigenvalue weighted by atomic mass is 16.4. The number of aliphatic carboxylic acids is 1. The Hall–Kier alpha value is -2.89. The molecule has 0 radical (unpaired) electrons. The second-order valence-electron chi connectivity index (χ2n) is 4.47. The van der Waals surface area contributed by atoms with Gasteiger partial charge in [0, 0.05) is 6.20 Å². The molecule has 1 unspecified atom stereocenters. The van der Waals surface area contributed by atoms with Crippen LogP contribution in [0, 0.1) is 6.92 Å². The molecule has 2 amide bonds. The largest absolute Gasteiger partial charge is 0.479 e. The van der Waals surface area contributed by atoms with Gasteiger partial charge in [0.1, 0.15) is 0 Å². The maximum atomic E-state index is 11.9. The summed E-state index contributed by atoms with van der Waals surface area (Å²) in [5, 5.41) is 14.3. The van der Waals surface area contributed by atoms with Crippen molar-refractivity contribution in [3.8, 4) is 0 Å². The van der Waals surface area contributed by atoms with Crippen molar-refractivity contribution >= 4 is 17.7 Å². The van der Waals surface area contributed by atoms with Crippen LogP contribution in [0.5, 0.6) is 0 Å². The number of benzene rings is 1. The Kier molecular flexibility index (Phi) is 4.50. The van der Waals surface area contributed by atoms with Crippen LogP contribution in [0.15, 0.2) is 48.8 Å². The molecule has 6 heteroatoms. The van der Waals surface area contributed by atoms with Crippen LogP contribution < -0.4 is 10.6 Å². The van der Waals surface area contributed by atoms with Gasteiger partial charge in [0.15, 0.2) is 6.04 Å². The highest BCUT2D eigenvalue weighted by molar-refractivity contribution is 5.93. The standard InChI is InChI=1S/C15H15N3O3/c1-10-7-8-16-9-12(10)17-15(21)18-13(14(19)20)11-5-3-2-4-6-11/h2-9,13H,1H3,(H,19,20)(H2,17,18,21). The predicted molar refractivity (Wildman–Crippen MR) is 77.9 cm³/mol. The number of anilines is 1. The molecule has 21 heavy (non-hydrogen) atoms. The Labute approximate surface area is 121 Å².